The maximum absolute atomic E-state index is 12.1. The first-order chi connectivity index (χ1) is 9.79. The van der Waals surface area contributed by atoms with Crippen LogP contribution in [0.15, 0.2) is 18.2 Å². The van der Waals surface area contributed by atoms with Crippen LogP contribution in [0, 0.1) is 6.92 Å². The van der Waals surface area contributed by atoms with Gasteiger partial charge >= 0.3 is 5.97 Å². The molecule has 0 heterocycles. The van der Waals surface area contributed by atoms with Crippen LogP contribution < -0.4 is 5.32 Å². The van der Waals surface area contributed by atoms with Gasteiger partial charge in [0, 0.05) is 23.3 Å². The molecule has 1 aromatic rings. The third-order valence-corrected chi connectivity index (χ3v) is 3.39. The normalized spacial score (nSPS) is 11.0. The Morgan fingerprint density at radius 1 is 1.38 bits per heavy atom. The van der Waals surface area contributed by atoms with Gasteiger partial charge in [-0.05, 0) is 44.5 Å². The van der Waals surface area contributed by atoms with Gasteiger partial charge in [0.2, 0.25) is 5.91 Å². The fraction of sp³-hybridized carbons (Fsp3) is 0.467. The summed E-state index contributed by atoms with van der Waals surface area (Å²) in [5.74, 6) is -1.03. The van der Waals surface area contributed by atoms with E-state index in [-0.39, 0.29) is 24.9 Å². The lowest BCUT2D eigenvalue weighted by Gasteiger charge is -2.25. The van der Waals surface area contributed by atoms with Crippen LogP contribution in [0.2, 0.25) is 5.02 Å². The van der Waals surface area contributed by atoms with Crippen LogP contribution in [0.3, 0.4) is 0 Å². The van der Waals surface area contributed by atoms with Gasteiger partial charge in [-0.1, -0.05) is 11.6 Å². The summed E-state index contributed by atoms with van der Waals surface area (Å²) in [5.41, 5.74) is 1.60. The highest BCUT2D eigenvalue weighted by Gasteiger charge is 2.15. The first-order valence-corrected chi connectivity index (χ1v) is 7.19. The minimum absolute atomic E-state index is 0.0193. The van der Waals surface area contributed by atoms with E-state index in [0.717, 1.165) is 5.56 Å². The molecular weight excluding hydrogens is 292 g/mol. The molecule has 0 unspecified atom stereocenters. The molecule has 0 aromatic heterocycles. The molecule has 0 spiro atoms. The lowest BCUT2D eigenvalue weighted by molar-refractivity contribution is -0.137. The zero-order valence-corrected chi connectivity index (χ0v) is 13.3. The van der Waals surface area contributed by atoms with Gasteiger partial charge in [-0.3, -0.25) is 14.5 Å². The number of carboxylic acids is 1. The zero-order valence-electron chi connectivity index (χ0n) is 12.5. The summed E-state index contributed by atoms with van der Waals surface area (Å²) in [7, 11) is 0. The van der Waals surface area contributed by atoms with Gasteiger partial charge < -0.3 is 10.4 Å². The van der Waals surface area contributed by atoms with E-state index in [9.17, 15) is 9.59 Å². The Bertz CT molecular complexity index is 518. The van der Waals surface area contributed by atoms with Crippen LogP contribution in [0.4, 0.5) is 5.69 Å². The molecule has 21 heavy (non-hydrogen) atoms. The largest absolute Gasteiger partial charge is 0.481 e. The summed E-state index contributed by atoms with van der Waals surface area (Å²) in [6, 6.07) is 5.35. The van der Waals surface area contributed by atoms with Crippen LogP contribution in [0.5, 0.6) is 0 Å². The topological polar surface area (TPSA) is 69.6 Å². The molecule has 0 fully saturated rings. The zero-order chi connectivity index (χ0) is 16.0. The van der Waals surface area contributed by atoms with Crippen molar-refractivity contribution in [1.82, 2.24) is 4.90 Å². The highest BCUT2D eigenvalue weighted by Crippen LogP contribution is 2.19. The summed E-state index contributed by atoms with van der Waals surface area (Å²) in [4.78, 5) is 24.5. The molecule has 0 aliphatic carbocycles. The maximum Gasteiger partial charge on any atom is 0.304 e. The number of aryl methyl sites for hydroxylation is 1. The van der Waals surface area contributed by atoms with Gasteiger partial charge in [0.25, 0.3) is 0 Å². The molecule has 0 saturated heterocycles. The molecular formula is C15H21ClN2O3. The summed E-state index contributed by atoms with van der Waals surface area (Å²) in [6.45, 7) is 6.24. The van der Waals surface area contributed by atoms with Crippen LogP contribution in [-0.4, -0.2) is 41.0 Å². The van der Waals surface area contributed by atoms with Crippen molar-refractivity contribution in [2.75, 3.05) is 18.4 Å². The quantitative estimate of drug-likeness (QED) is 0.812. The highest BCUT2D eigenvalue weighted by atomic mass is 35.5. The number of aliphatic carboxylic acids is 1. The number of rotatable bonds is 7. The molecule has 6 heteroatoms. The molecule has 0 atom stereocenters. The van der Waals surface area contributed by atoms with Crippen molar-refractivity contribution < 1.29 is 14.7 Å². The Morgan fingerprint density at radius 2 is 2.05 bits per heavy atom. The van der Waals surface area contributed by atoms with Crippen LogP contribution >= 0.6 is 11.6 Å². The molecule has 0 saturated carbocycles. The molecule has 0 bridgehead atoms. The van der Waals surface area contributed by atoms with Crippen molar-refractivity contribution in [3.63, 3.8) is 0 Å². The number of carboxylic acid groups (broad SMARTS) is 1. The summed E-state index contributed by atoms with van der Waals surface area (Å²) in [6.07, 6.45) is 0.0193. The van der Waals surface area contributed by atoms with E-state index in [4.69, 9.17) is 16.7 Å². The lowest BCUT2D eigenvalue weighted by atomic mass is 10.2. The number of hydrogen-bond acceptors (Lipinski definition) is 3. The third-order valence-electron chi connectivity index (χ3n) is 3.15. The Kier molecular flexibility index (Phi) is 6.65. The fourth-order valence-corrected chi connectivity index (χ4v) is 2.13. The molecule has 1 amide bonds. The number of carbonyl (C=O) groups excluding carboxylic acids is 1. The van der Waals surface area contributed by atoms with Gasteiger partial charge in [-0.25, -0.2) is 0 Å². The first kappa shape index (κ1) is 17.5. The number of carbonyl (C=O) groups is 2. The van der Waals surface area contributed by atoms with Crippen molar-refractivity contribution in [3.05, 3.63) is 28.8 Å². The number of halogens is 1. The minimum atomic E-state index is -0.866. The Balaban J connectivity index is 2.63. The van der Waals surface area contributed by atoms with Gasteiger partial charge in [0.05, 0.1) is 13.0 Å². The minimum Gasteiger partial charge on any atom is -0.481 e. The molecule has 2 N–H and O–H groups in total. The molecule has 0 radical (unpaired) electrons. The number of benzene rings is 1. The van der Waals surface area contributed by atoms with E-state index < -0.39 is 5.97 Å². The molecule has 0 aliphatic heterocycles. The highest BCUT2D eigenvalue weighted by molar-refractivity contribution is 6.30. The second-order valence-electron chi connectivity index (χ2n) is 5.22. The predicted octanol–water partition coefficient (Wildman–Crippen LogP) is 2.77. The Morgan fingerprint density at radius 3 is 2.57 bits per heavy atom. The van der Waals surface area contributed by atoms with E-state index >= 15 is 0 Å². The second kappa shape index (κ2) is 8.00. The van der Waals surface area contributed by atoms with Crippen molar-refractivity contribution in [2.24, 2.45) is 0 Å². The Hall–Kier alpha value is -1.59. The number of nitrogens with zero attached hydrogens (tertiary/aromatic N) is 1. The van der Waals surface area contributed by atoms with Crippen molar-refractivity contribution in [2.45, 2.75) is 33.2 Å². The number of nitrogens with one attached hydrogen (secondary N) is 1. The Labute approximate surface area is 129 Å². The molecule has 0 aliphatic rings. The summed E-state index contributed by atoms with van der Waals surface area (Å²) < 4.78 is 0. The average molecular weight is 313 g/mol. The maximum atomic E-state index is 12.1. The van der Waals surface area contributed by atoms with E-state index in [1.165, 1.54) is 0 Å². The van der Waals surface area contributed by atoms with Gasteiger partial charge in [-0.15, -0.1) is 0 Å². The van der Waals surface area contributed by atoms with Gasteiger partial charge in [-0.2, -0.15) is 0 Å². The van der Waals surface area contributed by atoms with Crippen LogP contribution in [0.1, 0.15) is 25.8 Å². The predicted molar refractivity (Wildman–Crippen MR) is 83.8 cm³/mol. The van der Waals surface area contributed by atoms with E-state index in [0.29, 0.717) is 17.3 Å². The lowest BCUT2D eigenvalue weighted by Crippen LogP contribution is -2.39. The van der Waals surface area contributed by atoms with Crippen LogP contribution in [0.25, 0.3) is 0 Å². The van der Waals surface area contributed by atoms with Gasteiger partial charge in [0.1, 0.15) is 0 Å². The van der Waals surface area contributed by atoms with Crippen molar-refractivity contribution in [3.8, 4) is 0 Å². The average Bonchev–Trinajstić information content (AvgIpc) is 2.37. The van der Waals surface area contributed by atoms with E-state index in [1.807, 2.05) is 25.7 Å². The third kappa shape index (κ3) is 6.14. The smallest absolute Gasteiger partial charge is 0.304 e. The van der Waals surface area contributed by atoms with E-state index in [1.54, 1.807) is 18.2 Å². The number of hydrogen-bond donors (Lipinski definition) is 2. The SMILES string of the molecule is Cc1cc(Cl)ccc1NC(=O)CN(CCC(=O)O)C(C)C. The van der Waals surface area contributed by atoms with Crippen LogP contribution in [-0.2, 0) is 9.59 Å². The number of amides is 1. The summed E-state index contributed by atoms with van der Waals surface area (Å²) in [5, 5.41) is 12.2. The fourth-order valence-electron chi connectivity index (χ4n) is 1.90. The second-order valence-corrected chi connectivity index (χ2v) is 5.65. The molecule has 5 nitrogen and oxygen atoms in total. The number of anilines is 1. The van der Waals surface area contributed by atoms with Crippen molar-refractivity contribution in [1.29, 1.82) is 0 Å². The molecule has 1 rings (SSSR count). The monoisotopic (exact) mass is 312 g/mol. The first-order valence-electron chi connectivity index (χ1n) is 6.81. The van der Waals surface area contributed by atoms with Crippen molar-refractivity contribution >= 4 is 29.2 Å². The molecule has 1 aromatic carbocycles. The van der Waals surface area contributed by atoms with E-state index in [2.05, 4.69) is 5.32 Å². The molecule has 116 valence electrons. The van der Waals surface area contributed by atoms with Gasteiger partial charge in [0.15, 0.2) is 0 Å². The standard InChI is InChI=1S/C15H21ClN2O3/c1-10(2)18(7-6-15(20)21)9-14(19)17-13-5-4-12(16)8-11(13)3/h4-5,8,10H,6-7,9H2,1-3H3,(H,17,19)(H,20,21). The summed E-state index contributed by atoms with van der Waals surface area (Å²) >= 11 is 5.87.